The van der Waals surface area contributed by atoms with Crippen LogP contribution in [0.25, 0.3) is 0 Å². The Kier molecular flexibility index (Phi) is 7.26. The van der Waals surface area contributed by atoms with Gasteiger partial charge in [-0.25, -0.2) is 0 Å². The van der Waals surface area contributed by atoms with Crippen molar-refractivity contribution >= 4 is 17.7 Å². The molecule has 0 fully saturated rings. The van der Waals surface area contributed by atoms with E-state index in [1.165, 1.54) is 6.07 Å². The summed E-state index contributed by atoms with van der Waals surface area (Å²) in [5, 5.41) is 8.88. The van der Waals surface area contributed by atoms with Crippen LogP contribution in [0.1, 0.15) is 10.4 Å². The van der Waals surface area contributed by atoms with Crippen molar-refractivity contribution in [3.63, 3.8) is 0 Å². The van der Waals surface area contributed by atoms with Gasteiger partial charge in [-0.15, -0.1) is 0 Å². The average molecular weight is 289 g/mol. The summed E-state index contributed by atoms with van der Waals surface area (Å²) < 4.78 is 0. The van der Waals surface area contributed by atoms with Gasteiger partial charge in [-0.1, -0.05) is 18.2 Å². The number of anilines is 2. The summed E-state index contributed by atoms with van der Waals surface area (Å²) >= 11 is 0. The van der Waals surface area contributed by atoms with Gasteiger partial charge in [0.2, 0.25) is 0 Å². The van der Waals surface area contributed by atoms with E-state index in [4.69, 9.17) is 16.6 Å². The van der Waals surface area contributed by atoms with Crippen LogP contribution in [0, 0.1) is 0 Å². The summed E-state index contributed by atoms with van der Waals surface area (Å²) in [5.74, 6) is 0.0347. The first-order valence-electron chi connectivity index (χ1n) is 4.97. The van der Waals surface area contributed by atoms with E-state index in [2.05, 4.69) is 0 Å². The third-order valence-electron chi connectivity index (χ3n) is 1.97. The van der Waals surface area contributed by atoms with Crippen LogP contribution >= 0.6 is 0 Å². The largest absolute Gasteiger partial charge is 0.507 e. The van der Waals surface area contributed by atoms with Crippen LogP contribution in [0.4, 0.5) is 11.4 Å². The normalized spacial score (nSPS) is 8.44. The monoisotopic (exact) mass is 289 g/mol. The summed E-state index contributed by atoms with van der Waals surface area (Å²) in [7, 11) is 0. The Morgan fingerprint density at radius 3 is 1.83 bits per heavy atom. The number of carbonyl (C=O) groups excluding carboxylic acids is 1. The number of aldehydes is 1. The minimum atomic E-state index is 0. The summed E-state index contributed by atoms with van der Waals surface area (Å²) in [6, 6.07) is 13.6. The number of nitrogen functional groups attached to an aromatic ring is 2. The van der Waals surface area contributed by atoms with E-state index in [1.807, 2.05) is 6.07 Å². The van der Waals surface area contributed by atoms with E-state index in [-0.39, 0.29) is 22.5 Å². The first-order valence-corrected chi connectivity index (χ1v) is 4.97. The Hall–Kier alpha value is -1.98. The van der Waals surface area contributed by atoms with Gasteiger partial charge in [-0.05, 0) is 30.3 Å². The van der Waals surface area contributed by atoms with Crippen LogP contribution in [0.2, 0.25) is 0 Å². The van der Waals surface area contributed by atoms with Gasteiger partial charge in [0.15, 0.2) is 6.29 Å². The number of benzene rings is 2. The van der Waals surface area contributed by atoms with Gasteiger partial charge in [0.25, 0.3) is 0 Å². The number of nitrogens with two attached hydrogens (primary N) is 2. The van der Waals surface area contributed by atoms with Crippen molar-refractivity contribution in [3.05, 3.63) is 54.1 Å². The van der Waals surface area contributed by atoms with Crippen molar-refractivity contribution in [1.29, 1.82) is 0 Å². The smallest absolute Gasteiger partial charge is 0.153 e. The molecule has 0 spiro atoms. The Balaban J connectivity index is 0.000000306. The van der Waals surface area contributed by atoms with Crippen LogP contribution in [-0.2, 0) is 16.8 Å². The van der Waals surface area contributed by atoms with E-state index in [9.17, 15) is 4.79 Å². The molecule has 2 rings (SSSR count). The molecule has 2 aromatic carbocycles. The quantitative estimate of drug-likeness (QED) is 0.553. The summed E-state index contributed by atoms with van der Waals surface area (Å²) in [6.45, 7) is 0. The van der Waals surface area contributed by atoms with Gasteiger partial charge in [0.1, 0.15) is 5.75 Å². The number of hydrogen-bond acceptors (Lipinski definition) is 4. The molecule has 5 N–H and O–H groups in total. The van der Waals surface area contributed by atoms with Crippen molar-refractivity contribution in [3.8, 4) is 5.75 Å². The molecule has 0 saturated carbocycles. The fourth-order valence-electron chi connectivity index (χ4n) is 1.15. The second-order valence-corrected chi connectivity index (χ2v) is 3.35. The molecular weight excluding hydrogens is 275 g/mol. The van der Waals surface area contributed by atoms with Crippen LogP contribution in [0.3, 0.4) is 0 Å². The maximum absolute atomic E-state index is 10.1. The molecule has 5 heteroatoms. The van der Waals surface area contributed by atoms with Gasteiger partial charge in [-0.3, -0.25) is 4.79 Å². The number of carbonyl (C=O) groups is 1. The van der Waals surface area contributed by atoms with E-state index in [0.29, 0.717) is 23.2 Å². The van der Waals surface area contributed by atoms with Crippen LogP contribution < -0.4 is 11.5 Å². The maximum Gasteiger partial charge on any atom is 0.153 e. The minimum Gasteiger partial charge on any atom is -0.507 e. The second kappa shape index (κ2) is 8.16. The maximum atomic E-state index is 10.1. The number of aromatic hydroxyl groups is 1. The Morgan fingerprint density at radius 1 is 0.944 bits per heavy atom. The zero-order valence-corrected chi connectivity index (χ0v) is 10.6. The van der Waals surface area contributed by atoms with Crippen LogP contribution in [-0.4, -0.2) is 11.4 Å². The average Bonchev–Trinajstić information content (AvgIpc) is 2.30. The molecule has 0 aliphatic rings. The third kappa shape index (κ3) is 5.38. The molecule has 0 aliphatic heterocycles. The SMILES string of the molecule is Nc1cccc(N)c1.O=Cc1ccccc1O.[Co]. The zero-order valence-electron chi connectivity index (χ0n) is 9.54. The predicted octanol–water partition coefficient (Wildman–Crippen LogP) is 2.05. The molecule has 97 valence electrons. The van der Waals surface area contributed by atoms with Gasteiger partial charge >= 0.3 is 0 Å². The number of phenolic OH excluding ortho intramolecular Hbond substituents is 1. The van der Waals surface area contributed by atoms with E-state index >= 15 is 0 Å². The molecule has 4 nitrogen and oxygen atoms in total. The topological polar surface area (TPSA) is 89.3 Å². The Bertz CT molecular complexity index is 487. The Morgan fingerprint density at radius 2 is 1.50 bits per heavy atom. The molecule has 0 unspecified atom stereocenters. The number of para-hydroxylation sites is 1. The fraction of sp³-hybridized carbons (Fsp3) is 0. The number of phenols is 1. The molecule has 2 aromatic rings. The van der Waals surface area contributed by atoms with Crippen molar-refractivity contribution in [2.45, 2.75) is 0 Å². The first kappa shape index (κ1) is 16.0. The van der Waals surface area contributed by atoms with E-state index < -0.39 is 0 Å². The van der Waals surface area contributed by atoms with Gasteiger partial charge in [0, 0.05) is 28.2 Å². The number of rotatable bonds is 1. The van der Waals surface area contributed by atoms with Crippen molar-refractivity contribution in [1.82, 2.24) is 0 Å². The predicted molar refractivity (Wildman–Crippen MR) is 68.8 cm³/mol. The molecular formula is C13H14CoN2O2. The van der Waals surface area contributed by atoms with Gasteiger partial charge in [-0.2, -0.15) is 0 Å². The second-order valence-electron chi connectivity index (χ2n) is 3.35. The number of hydrogen-bond donors (Lipinski definition) is 3. The van der Waals surface area contributed by atoms with Crippen molar-refractivity contribution < 1.29 is 26.7 Å². The van der Waals surface area contributed by atoms with E-state index in [0.717, 1.165) is 0 Å². The molecule has 0 aromatic heterocycles. The molecule has 0 bridgehead atoms. The molecule has 0 amide bonds. The summed E-state index contributed by atoms with van der Waals surface area (Å²) in [4.78, 5) is 10.1. The fourth-order valence-corrected chi connectivity index (χ4v) is 1.15. The third-order valence-corrected chi connectivity index (χ3v) is 1.97. The molecule has 0 atom stereocenters. The molecule has 18 heavy (non-hydrogen) atoms. The first-order chi connectivity index (χ1) is 8.13. The molecule has 0 saturated heterocycles. The van der Waals surface area contributed by atoms with E-state index in [1.54, 1.807) is 36.4 Å². The van der Waals surface area contributed by atoms with Crippen LogP contribution in [0.15, 0.2) is 48.5 Å². The van der Waals surface area contributed by atoms with Gasteiger partial charge in [0.05, 0.1) is 5.56 Å². The molecule has 0 aliphatic carbocycles. The standard InChI is InChI=1S/C7H6O2.C6H8N2.Co/c8-5-6-3-1-2-4-7(6)9;7-5-2-1-3-6(8)4-5;/h1-5,9H;1-4H,7-8H2;. The zero-order chi connectivity index (χ0) is 12.7. The molecule has 1 radical (unpaired) electrons. The summed E-state index contributed by atoms with van der Waals surface area (Å²) in [5.41, 5.74) is 12.5. The summed E-state index contributed by atoms with van der Waals surface area (Å²) in [6.07, 6.45) is 0.620. The Labute approximate surface area is 116 Å². The van der Waals surface area contributed by atoms with Crippen molar-refractivity contribution in [2.75, 3.05) is 11.5 Å². The molecule has 0 heterocycles. The van der Waals surface area contributed by atoms with Crippen LogP contribution in [0.5, 0.6) is 5.75 Å². The van der Waals surface area contributed by atoms with Crippen molar-refractivity contribution in [2.24, 2.45) is 0 Å². The minimum absolute atomic E-state index is 0. The van der Waals surface area contributed by atoms with Gasteiger partial charge < -0.3 is 16.6 Å².